The maximum atomic E-state index is 4.06. The number of imidazole rings is 1. The Bertz CT molecular complexity index is 286. The Balaban J connectivity index is 0.000000500. The number of hydrogen-bond acceptors (Lipinski definition) is 1. The van der Waals surface area contributed by atoms with Crippen molar-refractivity contribution in [3.8, 4) is 0 Å². The van der Waals surface area contributed by atoms with Gasteiger partial charge in [-0.2, -0.15) is 0 Å². The van der Waals surface area contributed by atoms with Crippen LogP contribution in [0.2, 0.25) is 0 Å². The van der Waals surface area contributed by atoms with Gasteiger partial charge in [-0.25, -0.2) is 4.98 Å². The molecule has 1 aromatic heterocycles. The van der Waals surface area contributed by atoms with E-state index in [-0.39, 0.29) is 8.41 Å². The first-order chi connectivity index (χ1) is 4.47. The smallest absolute Gasteiger partial charge is 0.0931 e. The SMILES string of the molecule is [B].c1ccc2[nH]cnc2c1. The minimum Gasteiger partial charge on any atom is -0.345 e. The summed E-state index contributed by atoms with van der Waals surface area (Å²) >= 11 is 0. The fourth-order valence-electron chi connectivity index (χ4n) is 0.880. The number of nitrogens with zero attached hydrogens (tertiary/aromatic N) is 1. The summed E-state index contributed by atoms with van der Waals surface area (Å²) in [5, 5.41) is 0. The zero-order chi connectivity index (χ0) is 6.10. The lowest BCUT2D eigenvalue weighted by Crippen LogP contribution is -1.63. The summed E-state index contributed by atoms with van der Waals surface area (Å²) in [6.07, 6.45) is 1.70. The molecule has 0 atom stereocenters. The van der Waals surface area contributed by atoms with Gasteiger partial charge in [-0.05, 0) is 12.1 Å². The number of fused-ring (bicyclic) bond motifs is 1. The van der Waals surface area contributed by atoms with Crippen molar-refractivity contribution in [2.45, 2.75) is 0 Å². The third-order valence-corrected chi connectivity index (χ3v) is 1.33. The third-order valence-electron chi connectivity index (χ3n) is 1.33. The molecule has 0 saturated carbocycles. The van der Waals surface area contributed by atoms with E-state index in [1.165, 1.54) is 0 Å². The Kier molecular flexibility index (Phi) is 1.76. The Morgan fingerprint density at radius 1 is 1.20 bits per heavy atom. The second-order valence-corrected chi connectivity index (χ2v) is 1.92. The number of aromatic nitrogens is 2. The molecule has 0 bridgehead atoms. The molecule has 0 aliphatic heterocycles. The zero-order valence-corrected chi connectivity index (χ0v) is 5.41. The lowest BCUT2D eigenvalue weighted by Gasteiger charge is -1.81. The number of benzene rings is 1. The van der Waals surface area contributed by atoms with E-state index in [1.54, 1.807) is 6.33 Å². The molecule has 1 aromatic carbocycles. The van der Waals surface area contributed by atoms with Crippen LogP contribution in [-0.2, 0) is 0 Å². The lowest BCUT2D eigenvalue weighted by atomic mass is 10.3. The molecule has 2 rings (SSSR count). The van der Waals surface area contributed by atoms with Crippen molar-refractivity contribution < 1.29 is 0 Å². The monoisotopic (exact) mass is 129 g/mol. The van der Waals surface area contributed by atoms with Crippen molar-refractivity contribution in [1.29, 1.82) is 0 Å². The number of hydrogen-bond donors (Lipinski definition) is 1. The van der Waals surface area contributed by atoms with E-state index >= 15 is 0 Å². The van der Waals surface area contributed by atoms with Crippen LogP contribution in [0.5, 0.6) is 0 Å². The highest BCUT2D eigenvalue weighted by Gasteiger charge is 1.88. The van der Waals surface area contributed by atoms with E-state index in [4.69, 9.17) is 0 Å². The van der Waals surface area contributed by atoms with E-state index in [0.29, 0.717) is 0 Å². The first kappa shape index (κ1) is 6.87. The minimum absolute atomic E-state index is 0. The summed E-state index contributed by atoms with van der Waals surface area (Å²) in [7, 11) is 0. The summed E-state index contributed by atoms with van der Waals surface area (Å²) in [5.74, 6) is 0. The number of rotatable bonds is 0. The van der Waals surface area contributed by atoms with Gasteiger partial charge in [0, 0.05) is 8.41 Å². The Morgan fingerprint density at radius 3 is 2.80 bits per heavy atom. The van der Waals surface area contributed by atoms with Gasteiger partial charge in [0.2, 0.25) is 0 Å². The lowest BCUT2D eigenvalue weighted by molar-refractivity contribution is 1.34. The predicted octanol–water partition coefficient (Wildman–Crippen LogP) is 1.18. The Labute approximate surface area is 60.9 Å². The van der Waals surface area contributed by atoms with E-state index in [1.807, 2.05) is 24.3 Å². The standard InChI is InChI=1S/C7H6N2.B/c1-2-4-7-6(3-1)8-5-9-7;/h1-5H,(H,8,9);. The van der Waals surface area contributed by atoms with Crippen LogP contribution in [-0.4, -0.2) is 18.4 Å². The maximum Gasteiger partial charge on any atom is 0.0931 e. The molecule has 3 radical (unpaired) electrons. The molecule has 0 unspecified atom stereocenters. The topological polar surface area (TPSA) is 28.7 Å². The number of para-hydroxylation sites is 2. The quantitative estimate of drug-likeness (QED) is 0.531. The molecule has 0 saturated heterocycles. The van der Waals surface area contributed by atoms with Crippen LogP contribution in [0.4, 0.5) is 0 Å². The minimum atomic E-state index is 0. The second kappa shape index (κ2) is 2.56. The molecule has 1 N–H and O–H groups in total. The van der Waals surface area contributed by atoms with Crippen molar-refractivity contribution in [3.05, 3.63) is 30.6 Å². The molecule has 3 heteroatoms. The number of aromatic amines is 1. The van der Waals surface area contributed by atoms with Crippen molar-refractivity contribution in [3.63, 3.8) is 0 Å². The van der Waals surface area contributed by atoms with Crippen LogP contribution in [0.1, 0.15) is 0 Å². The summed E-state index contributed by atoms with van der Waals surface area (Å²) in [6.45, 7) is 0. The number of H-pyrrole nitrogens is 1. The molecular formula is C7H6BN2. The van der Waals surface area contributed by atoms with E-state index in [9.17, 15) is 0 Å². The average molecular weight is 129 g/mol. The summed E-state index contributed by atoms with van der Waals surface area (Å²) in [5.41, 5.74) is 2.12. The van der Waals surface area contributed by atoms with Crippen LogP contribution in [0, 0.1) is 0 Å². The van der Waals surface area contributed by atoms with Gasteiger partial charge in [-0.15, -0.1) is 0 Å². The van der Waals surface area contributed by atoms with Gasteiger partial charge >= 0.3 is 0 Å². The highest BCUT2D eigenvalue weighted by atomic mass is 14.9. The average Bonchev–Trinajstić information content (AvgIpc) is 2.33. The van der Waals surface area contributed by atoms with Gasteiger partial charge in [0.1, 0.15) is 0 Å². The zero-order valence-electron chi connectivity index (χ0n) is 5.41. The molecule has 1 heterocycles. The normalized spacial score (nSPS) is 9.20. The molecule has 47 valence electrons. The maximum absolute atomic E-state index is 4.06. The van der Waals surface area contributed by atoms with Crippen molar-refractivity contribution in [2.75, 3.05) is 0 Å². The molecule has 2 aromatic rings. The summed E-state index contributed by atoms with van der Waals surface area (Å²) in [4.78, 5) is 7.07. The Morgan fingerprint density at radius 2 is 2.00 bits per heavy atom. The first-order valence-electron chi connectivity index (χ1n) is 2.85. The van der Waals surface area contributed by atoms with E-state index in [0.717, 1.165) is 11.0 Å². The highest BCUT2D eigenvalue weighted by molar-refractivity contribution is 5.75. The van der Waals surface area contributed by atoms with Gasteiger partial charge in [0.25, 0.3) is 0 Å². The van der Waals surface area contributed by atoms with E-state index in [2.05, 4.69) is 9.97 Å². The fraction of sp³-hybridized carbons (Fsp3) is 0. The van der Waals surface area contributed by atoms with Crippen LogP contribution in [0.15, 0.2) is 30.6 Å². The molecule has 0 spiro atoms. The van der Waals surface area contributed by atoms with Gasteiger partial charge in [-0.1, -0.05) is 12.1 Å². The highest BCUT2D eigenvalue weighted by Crippen LogP contribution is 2.05. The Hall–Kier alpha value is -1.25. The molecule has 0 aliphatic carbocycles. The van der Waals surface area contributed by atoms with Crippen LogP contribution in [0.3, 0.4) is 0 Å². The molecule has 0 aliphatic rings. The molecule has 0 amide bonds. The van der Waals surface area contributed by atoms with Crippen molar-refractivity contribution in [2.24, 2.45) is 0 Å². The van der Waals surface area contributed by atoms with Crippen LogP contribution < -0.4 is 0 Å². The summed E-state index contributed by atoms with van der Waals surface area (Å²) < 4.78 is 0. The molecular weight excluding hydrogens is 123 g/mol. The van der Waals surface area contributed by atoms with Crippen molar-refractivity contribution in [1.82, 2.24) is 9.97 Å². The largest absolute Gasteiger partial charge is 0.345 e. The molecule has 10 heavy (non-hydrogen) atoms. The molecule has 0 fully saturated rings. The van der Waals surface area contributed by atoms with Gasteiger partial charge in [-0.3, -0.25) is 0 Å². The van der Waals surface area contributed by atoms with Gasteiger partial charge < -0.3 is 4.98 Å². The predicted molar refractivity (Wildman–Crippen MR) is 41.8 cm³/mol. The fourth-order valence-corrected chi connectivity index (χ4v) is 0.880. The van der Waals surface area contributed by atoms with Crippen LogP contribution in [0.25, 0.3) is 11.0 Å². The molecule has 2 nitrogen and oxygen atoms in total. The first-order valence-corrected chi connectivity index (χ1v) is 2.85. The van der Waals surface area contributed by atoms with Gasteiger partial charge in [0.05, 0.1) is 17.4 Å². The van der Waals surface area contributed by atoms with Crippen LogP contribution >= 0.6 is 0 Å². The number of nitrogens with one attached hydrogen (secondary N) is 1. The van der Waals surface area contributed by atoms with E-state index < -0.39 is 0 Å². The third kappa shape index (κ3) is 0.901. The second-order valence-electron chi connectivity index (χ2n) is 1.92. The van der Waals surface area contributed by atoms with Crippen molar-refractivity contribution >= 4 is 19.4 Å². The summed E-state index contributed by atoms with van der Waals surface area (Å²) in [6, 6.07) is 7.94. The van der Waals surface area contributed by atoms with Gasteiger partial charge in [0.15, 0.2) is 0 Å².